The zero-order valence-corrected chi connectivity index (χ0v) is 9.45. The van der Waals surface area contributed by atoms with Crippen LogP contribution in [0.15, 0.2) is 17.5 Å². The summed E-state index contributed by atoms with van der Waals surface area (Å²) in [7, 11) is 0. The molecule has 0 aliphatic rings. The van der Waals surface area contributed by atoms with E-state index in [1.165, 1.54) is 15.6 Å². The van der Waals surface area contributed by atoms with E-state index in [0.717, 1.165) is 11.1 Å². The highest BCUT2D eigenvalue weighted by molar-refractivity contribution is 7.17. The predicted octanol–water partition coefficient (Wildman–Crippen LogP) is 3.44. The summed E-state index contributed by atoms with van der Waals surface area (Å²) in [4.78, 5) is 0. The lowest BCUT2D eigenvalue weighted by Gasteiger charge is -2.05. The molecule has 3 heteroatoms. The molecule has 1 aromatic carbocycles. The third kappa shape index (κ3) is 1.44. The van der Waals surface area contributed by atoms with Crippen LogP contribution in [0.3, 0.4) is 0 Å². The van der Waals surface area contributed by atoms with Crippen molar-refractivity contribution >= 4 is 33.0 Å². The molecule has 2 rings (SSSR count). The van der Waals surface area contributed by atoms with E-state index in [0.29, 0.717) is 5.88 Å². The van der Waals surface area contributed by atoms with E-state index >= 15 is 0 Å². The highest BCUT2D eigenvalue weighted by Crippen LogP contribution is 2.31. The number of alkyl halides is 1. The molecule has 0 aliphatic carbocycles. The highest BCUT2D eigenvalue weighted by Gasteiger charge is 2.08. The Morgan fingerprint density at radius 3 is 2.86 bits per heavy atom. The number of thiophene rings is 1. The monoisotopic (exact) mass is 226 g/mol. The maximum Gasteiger partial charge on any atom is 0.0698 e. The van der Waals surface area contributed by atoms with Gasteiger partial charge in [-0.05, 0) is 34.4 Å². The van der Waals surface area contributed by atoms with E-state index < -0.39 is 0 Å². The number of aryl methyl sites for hydroxylation is 1. The number of hydrogen-bond donors (Lipinski definition) is 1. The van der Waals surface area contributed by atoms with Gasteiger partial charge in [-0.3, -0.25) is 0 Å². The third-order valence-electron chi connectivity index (χ3n) is 2.44. The van der Waals surface area contributed by atoms with Gasteiger partial charge in [-0.1, -0.05) is 12.1 Å². The molecule has 0 saturated carbocycles. The average Bonchev–Trinajstić information content (AvgIpc) is 2.59. The lowest BCUT2D eigenvalue weighted by molar-refractivity contribution is 0.282. The maximum atomic E-state index is 9.30. The molecule has 0 radical (unpaired) electrons. The fourth-order valence-electron chi connectivity index (χ4n) is 1.62. The van der Waals surface area contributed by atoms with Crippen LogP contribution >= 0.6 is 22.9 Å². The van der Waals surface area contributed by atoms with Gasteiger partial charge in [-0.25, -0.2) is 0 Å². The zero-order valence-electron chi connectivity index (χ0n) is 7.88. The smallest absolute Gasteiger partial charge is 0.0698 e. The summed E-state index contributed by atoms with van der Waals surface area (Å²) in [5.41, 5.74) is 3.28. The van der Waals surface area contributed by atoms with Gasteiger partial charge in [0.1, 0.15) is 0 Å². The lowest BCUT2D eigenvalue weighted by Crippen LogP contribution is -1.91. The van der Waals surface area contributed by atoms with E-state index in [1.54, 1.807) is 11.3 Å². The summed E-state index contributed by atoms with van der Waals surface area (Å²) in [5, 5.41) is 12.6. The molecule has 0 saturated heterocycles. The molecular formula is C11H11ClOS. The standard InChI is InChI=1S/C11H11ClOS/c1-7-6-14-11-9(7)3-2-8(4-12)10(11)5-13/h2-3,6,13H,4-5H2,1H3. The van der Waals surface area contributed by atoms with Gasteiger partial charge < -0.3 is 5.11 Å². The van der Waals surface area contributed by atoms with Gasteiger partial charge in [0.2, 0.25) is 0 Å². The predicted molar refractivity (Wildman–Crippen MR) is 62.0 cm³/mol. The zero-order chi connectivity index (χ0) is 10.1. The van der Waals surface area contributed by atoms with Crippen LogP contribution in [0, 0.1) is 6.92 Å². The normalized spacial score (nSPS) is 11.1. The molecule has 2 aromatic rings. The second-order valence-electron chi connectivity index (χ2n) is 3.29. The summed E-state index contributed by atoms with van der Waals surface area (Å²) in [5.74, 6) is 0.461. The van der Waals surface area contributed by atoms with E-state index in [9.17, 15) is 5.11 Å². The molecule has 1 nitrogen and oxygen atoms in total. The molecule has 74 valence electrons. The van der Waals surface area contributed by atoms with Crippen molar-refractivity contribution in [2.75, 3.05) is 0 Å². The molecule has 0 atom stereocenters. The number of benzene rings is 1. The molecule has 1 aromatic heterocycles. The van der Waals surface area contributed by atoms with Crippen molar-refractivity contribution in [3.05, 3.63) is 34.2 Å². The Bertz CT molecular complexity index is 462. The molecule has 0 bridgehead atoms. The maximum absolute atomic E-state index is 9.30. The fraction of sp³-hybridized carbons (Fsp3) is 0.273. The number of fused-ring (bicyclic) bond motifs is 1. The van der Waals surface area contributed by atoms with Crippen molar-refractivity contribution in [2.24, 2.45) is 0 Å². The first-order chi connectivity index (χ1) is 6.77. The molecule has 0 amide bonds. The Morgan fingerprint density at radius 2 is 2.21 bits per heavy atom. The first-order valence-corrected chi connectivity index (χ1v) is 5.84. The van der Waals surface area contributed by atoms with Crippen molar-refractivity contribution in [2.45, 2.75) is 19.4 Å². The van der Waals surface area contributed by atoms with Gasteiger partial charge >= 0.3 is 0 Å². The van der Waals surface area contributed by atoms with E-state index in [4.69, 9.17) is 11.6 Å². The van der Waals surface area contributed by atoms with Crippen molar-refractivity contribution in [3.8, 4) is 0 Å². The second-order valence-corrected chi connectivity index (χ2v) is 4.44. The van der Waals surface area contributed by atoms with E-state index in [-0.39, 0.29) is 6.61 Å². The summed E-state index contributed by atoms with van der Waals surface area (Å²) in [6.45, 7) is 2.15. The van der Waals surface area contributed by atoms with Crippen LogP contribution in [0.1, 0.15) is 16.7 Å². The summed E-state index contributed by atoms with van der Waals surface area (Å²) in [6.07, 6.45) is 0. The Labute approximate surface area is 91.9 Å². The number of hydrogen-bond acceptors (Lipinski definition) is 2. The third-order valence-corrected chi connectivity index (χ3v) is 3.90. The number of aliphatic hydroxyl groups is 1. The summed E-state index contributed by atoms with van der Waals surface area (Å²) in [6, 6.07) is 4.08. The Hall–Kier alpha value is -0.570. The van der Waals surface area contributed by atoms with E-state index in [2.05, 4.69) is 18.4 Å². The van der Waals surface area contributed by atoms with Gasteiger partial charge in [0.05, 0.1) is 6.61 Å². The minimum absolute atomic E-state index is 0.0688. The fourth-order valence-corrected chi connectivity index (χ4v) is 2.99. The lowest BCUT2D eigenvalue weighted by atomic mass is 10.1. The van der Waals surface area contributed by atoms with Crippen molar-refractivity contribution in [3.63, 3.8) is 0 Å². The topological polar surface area (TPSA) is 20.2 Å². The van der Waals surface area contributed by atoms with Gasteiger partial charge in [-0.15, -0.1) is 22.9 Å². The van der Waals surface area contributed by atoms with Crippen LogP contribution in [0.5, 0.6) is 0 Å². The van der Waals surface area contributed by atoms with Crippen molar-refractivity contribution in [1.29, 1.82) is 0 Å². The van der Waals surface area contributed by atoms with Crippen LogP contribution in [0.4, 0.5) is 0 Å². The van der Waals surface area contributed by atoms with Crippen LogP contribution in [0.25, 0.3) is 10.1 Å². The second kappa shape index (κ2) is 3.89. The Balaban J connectivity index is 2.77. The first kappa shape index (κ1) is 9.97. The van der Waals surface area contributed by atoms with Gasteiger partial charge in [0.25, 0.3) is 0 Å². The first-order valence-electron chi connectivity index (χ1n) is 4.43. The summed E-state index contributed by atoms with van der Waals surface area (Å²) < 4.78 is 1.17. The molecule has 0 spiro atoms. The van der Waals surface area contributed by atoms with Crippen LogP contribution in [0.2, 0.25) is 0 Å². The largest absolute Gasteiger partial charge is 0.392 e. The quantitative estimate of drug-likeness (QED) is 0.778. The average molecular weight is 227 g/mol. The summed E-state index contributed by atoms with van der Waals surface area (Å²) >= 11 is 7.49. The molecule has 0 fully saturated rings. The molecule has 14 heavy (non-hydrogen) atoms. The number of halogens is 1. The van der Waals surface area contributed by atoms with Crippen molar-refractivity contribution < 1.29 is 5.11 Å². The van der Waals surface area contributed by atoms with Gasteiger partial charge in [0.15, 0.2) is 0 Å². The van der Waals surface area contributed by atoms with Crippen molar-refractivity contribution in [1.82, 2.24) is 0 Å². The molecule has 1 heterocycles. The Kier molecular flexibility index (Phi) is 2.77. The molecule has 0 aliphatic heterocycles. The minimum atomic E-state index is 0.0688. The Morgan fingerprint density at radius 1 is 1.43 bits per heavy atom. The highest BCUT2D eigenvalue weighted by atomic mass is 35.5. The van der Waals surface area contributed by atoms with Crippen LogP contribution < -0.4 is 0 Å². The molecule has 0 unspecified atom stereocenters. The van der Waals surface area contributed by atoms with Crippen LogP contribution in [-0.4, -0.2) is 5.11 Å². The van der Waals surface area contributed by atoms with E-state index in [1.807, 2.05) is 6.07 Å². The molecular weight excluding hydrogens is 216 g/mol. The van der Waals surface area contributed by atoms with Crippen LogP contribution in [-0.2, 0) is 12.5 Å². The van der Waals surface area contributed by atoms with Gasteiger partial charge in [0, 0.05) is 10.6 Å². The number of aliphatic hydroxyl groups excluding tert-OH is 1. The molecule has 1 N–H and O–H groups in total. The van der Waals surface area contributed by atoms with Gasteiger partial charge in [-0.2, -0.15) is 0 Å². The SMILES string of the molecule is Cc1csc2c(CO)c(CCl)ccc12. The minimum Gasteiger partial charge on any atom is -0.392 e. The number of rotatable bonds is 2.